The molecule has 0 saturated heterocycles. The largest absolute Gasteiger partial charge is 0.448 e. The maximum atomic E-state index is 13.5. The highest BCUT2D eigenvalue weighted by atomic mass is 79.9. The minimum absolute atomic E-state index is 0.0456. The van der Waals surface area contributed by atoms with E-state index < -0.39 is 6.09 Å². The number of hydrogen-bond donors (Lipinski definition) is 0. The summed E-state index contributed by atoms with van der Waals surface area (Å²) < 4.78 is 8.25. The van der Waals surface area contributed by atoms with Crippen LogP contribution in [0.2, 0.25) is 5.02 Å². The van der Waals surface area contributed by atoms with E-state index in [-0.39, 0.29) is 19.1 Å². The Morgan fingerprint density at radius 3 is 2.31 bits per heavy atom. The van der Waals surface area contributed by atoms with Crippen LogP contribution in [0.4, 0.5) is 4.79 Å². The molecule has 0 spiro atoms. The molecule has 0 radical (unpaired) electrons. The van der Waals surface area contributed by atoms with Crippen LogP contribution < -0.4 is 0 Å². The van der Waals surface area contributed by atoms with Gasteiger partial charge in [0.15, 0.2) is 6.29 Å². The van der Waals surface area contributed by atoms with Crippen LogP contribution in [0.5, 0.6) is 0 Å². The molecule has 0 aliphatic heterocycles. The van der Waals surface area contributed by atoms with Crippen LogP contribution in [0.25, 0.3) is 11.1 Å². The van der Waals surface area contributed by atoms with E-state index >= 15 is 0 Å². The lowest BCUT2D eigenvalue weighted by molar-refractivity contribution is 0.111. The van der Waals surface area contributed by atoms with Gasteiger partial charge in [-0.2, -0.15) is 0 Å². The SMILES string of the molecule is O=Cc1ccc(Br)cc1SN(Cc1cccc(Cl)c1)C(=O)OCC1c2ccccc2-c2ccccc21. The Balaban J connectivity index is 1.40. The van der Waals surface area contributed by atoms with E-state index in [0.717, 1.165) is 27.4 Å². The molecule has 0 atom stereocenters. The summed E-state index contributed by atoms with van der Waals surface area (Å²) in [7, 11) is 0. The normalized spacial score (nSPS) is 12.1. The van der Waals surface area contributed by atoms with Crippen LogP contribution in [0, 0.1) is 0 Å². The molecule has 1 aliphatic carbocycles. The van der Waals surface area contributed by atoms with Gasteiger partial charge >= 0.3 is 6.09 Å². The molecular formula is C29H21BrClNO3S. The predicted octanol–water partition coefficient (Wildman–Crippen LogP) is 8.37. The molecule has 1 amide bonds. The Kier molecular flexibility index (Phi) is 7.46. The van der Waals surface area contributed by atoms with Gasteiger partial charge in [0.05, 0.1) is 6.54 Å². The molecule has 4 aromatic carbocycles. The lowest BCUT2D eigenvalue weighted by Crippen LogP contribution is -2.26. The summed E-state index contributed by atoms with van der Waals surface area (Å²) >= 11 is 10.8. The standard InChI is InChI=1S/C29H21BrClNO3S/c30-21-13-12-20(17-33)28(15-21)36-32(16-19-6-5-7-22(31)14-19)29(34)35-18-27-25-10-3-1-8-23(25)24-9-2-4-11-26(24)27/h1-15,17,27H,16,18H2. The minimum atomic E-state index is -0.487. The topological polar surface area (TPSA) is 46.6 Å². The van der Waals surface area contributed by atoms with Gasteiger partial charge in [0.1, 0.15) is 6.61 Å². The van der Waals surface area contributed by atoms with Crippen LogP contribution in [0.3, 0.4) is 0 Å². The highest BCUT2D eigenvalue weighted by Gasteiger charge is 2.30. The maximum absolute atomic E-state index is 13.5. The first-order chi connectivity index (χ1) is 17.5. The fourth-order valence-corrected chi connectivity index (χ4v) is 6.11. The zero-order valence-electron chi connectivity index (χ0n) is 19.1. The number of rotatable bonds is 7. The molecule has 0 aromatic heterocycles. The molecule has 4 nitrogen and oxygen atoms in total. The molecule has 1 aliphatic rings. The molecule has 36 heavy (non-hydrogen) atoms. The molecule has 180 valence electrons. The summed E-state index contributed by atoms with van der Waals surface area (Å²) in [5, 5.41) is 0.584. The van der Waals surface area contributed by atoms with Gasteiger partial charge < -0.3 is 4.74 Å². The molecule has 5 rings (SSSR count). The summed E-state index contributed by atoms with van der Waals surface area (Å²) in [4.78, 5) is 25.7. The van der Waals surface area contributed by atoms with E-state index in [1.807, 2.05) is 48.5 Å². The fourth-order valence-electron chi connectivity index (χ4n) is 4.40. The number of amides is 1. The molecule has 0 saturated carbocycles. The van der Waals surface area contributed by atoms with E-state index in [2.05, 4.69) is 40.2 Å². The van der Waals surface area contributed by atoms with E-state index in [4.69, 9.17) is 16.3 Å². The first kappa shape index (κ1) is 24.6. The van der Waals surface area contributed by atoms with Crippen molar-refractivity contribution in [3.8, 4) is 11.1 Å². The number of fused-ring (bicyclic) bond motifs is 3. The van der Waals surface area contributed by atoms with Crippen molar-refractivity contribution in [3.05, 3.63) is 123 Å². The Morgan fingerprint density at radius 1 is 0.944 bits per heavy atom. The third-order valence-corrected chi connectivity index (χ3v) is 7.84. The number of benzene rings is 4. The van der Waals surface area contributed by atoms with Crippen LogP contribution in [-0.2, 0) is 11.3 Å². The Labute approximate surface area is 227 Å². The zero-order valence-corrected chi connectivity index (χ0v) is 22.2. The Morgan fingerprint density at radius 2 is 1.64 bits per heavy atom. The molecule has 4 aromatic rings. The van der Waals surface area contributed by atoms with Crippen LogP contribution in [0.15, 0.2) is 100 Å². The van der Waals surface area contributed by atoms with Crippen LogP contribution >= 0.6 is 39.5 Å². The Bertz CT molecular complexity index is 1400. The molecule has 0 heterocycles. The third kappa shape index (κ3) is 5.21. The second kappa shape index (κ2) is 10.9. The second-order valence-electron chi connectivity index (χ2n) is 8.36. The number of ether oxygens (including phenoxy) is 1. The van der Waals surface area contributed by atoms with Gasteiger partial charge in [0.25, 0.3) is 0 Å². The van der Waals surface area contributed by atoms with Crippen LogP contribution in [-0.4, -0.2) is 23.3 Å². The summed E-state index contributed by atoms with van der Waals surface area (Å²) in [5.74, 6) is -0.0456. The number of halogens is 2. The van der Waals surface area contributed by atoms with Crippen molar-refractivity contribution in [1.29, 1.82) is 0 Å². The first-order valence-corrected chi connectivity index (χ1v) is 13.3. The molecular weight excluding hydrogens is 558 g/mol. The second-order valence-corrected chi connectivity index (χ2v) is 10.8. The van der Waals surface area contributed by atoms with Crippen molar-refractivity contribution in [2.75, 3.05) is 6.61 Å². The predicted molar refractivity (Wildman–Crippen MR) is 147 cm³/mol. The Hall–Kier alpha value is -3.06. The summed E-state index contributed by atoms with van der Waals surface area (Å²) in [5.41, 5.74) is 5.98. The number of nitrogens with zero attached hydrogens (tertiary/aromatic N) is 1. The minimum Gasteiger partial charge on any atom is -0.448 e. The van der Waals surface area contributed by atoms with Gasteiger partial charge in [-0.25, -0.2) is 9.10 Å². The number of carbonyl (C=O) groups is 2. The quantitative estimate of drug-likeness (QED) is 0.163. The zero-order chi connectivity index (χ0) is 25.1. The average molecular weight is 579 g/mol. The summed E-state index contributed by atoms with van der Waals surface area (Å²) in [6.45, 7) is 0.463. The smallest absolute Gasteiger partial charge is 0.420 e. The highest BCUT2D eigenvalue weighted by Crippen LogP contribution is 2.44. The molecule has 0 N–H and O–H groups in total. The number of hydrogen-bond acceptors (Lipinski definition) is 4. The molecule has 0 unspecified atom stereocenters. The van der Waals surface area contributed by atoms with Crippen molar-refractivity contribution in [1.82, 2.24) is 4.31 Å². The van der Waals surface area contributed by atoms with Gasteiger partial charge in [-0.15, -0.1) is 0 Å². The maximum Gasteiger partial charge on any atom is 0.420 e. The molecule has 7 heteroatoms. The highest BCUT2D eigenvalue weighted by molar-refractivity contribution is 9.10. The van der Waals surface area contributed by atoms with Gasteiger partial charge in [-0.05, 0) is 70.1 Å². The molecule has 0 bridgehead atoms. The van der Waals surface area contributed by atoms with E-state index in [1.54, 1.807) is 18.2 Å². The fraction of sp³-hybridized carbons (Fsp3) is 0.103. The lowest BCUT2D eigenvalue weighted by Gasteiger charge is -2.23. The lowest BCUT2D eigenvalue weighted by atomic mass is 9.98. The summed E-state index contributed by atoms with van der Waals surface area (Å²) in [6, 6.07) is 29.1. The number of carbonyl (C=O) groups excluding carboxylic acids is 2. The van der Waals surface area contributed by atoms with Gasteiger partial charge in [0, 0.05) is 25.9 Å². The summed E-state index contributed by atoms with van der Waals surface area (Å²) in [6.07, 6.45) is 0.294. The third-order valence-electron chi connectivity index (χ3n) is 6.07. The van der Waals surface area contributed by atoms with Crippen molar-refractivity contribution >= 4 is 51.9 Å². The monoisotopic (exact) mass is 577 g/mol. The van der Waals surface area contributed by atoms with E-state index in [1.165, 1.54) is 27.4 Å². The van der Waals surface area contributed by atoms with E-state index in [9.17, 15) is 9.59 Å². The van der Waals surface area contributed by atoms with Crippen LogP contribution in [0.1, 0.15) is 33.0 Å². The van der Waals surface area contributed by atoms with Crippen molar-refractivity contribution in [2.24, 2.45) is 0 Å². The van der Waals surface area contributed by atoms with Gasteiger partial charge in [0.2, 0.25) is 0 Å². The van der Waals surface area contributed by atoms with Gasteiger partial charge in [-0.3, -0.25) is 4.79 Å². The number of aldehydes is 1. The van der Waals surface area contributed by atoms with Crippen molar-refractivity contribution in [3.63, 3.8) is 0 Å². The van der Waals surface area contributed by atoms with E-state index in [0.29, 0.717) is 15.5 Å². The first-order valence-electron chi connectivity index (χ1n) is 11.3. The van der Waals surface area contributed by atoms with Gasteiger partial charge in [-0.1, -0.05) is 88.2 Å². The average Bonchev–Trinajstić information content (AvgIpc) is 3.21. The van der Waals surface area contributed by atoms with Crippen molar-refractivity contribution < 1.29 is 14.3 Å². The molecule has 0 fully saturated rings. The van der Waals surface area contributed by atoms with Crippen molar-refractivity contribution in [2.45, 2.75) is 17.4 Å².